The second-order valence-electron chi connectivity index (χ2n) is 4.93. The molecule has 1 aromatic heterocycles. The van der Waals surface area contributed by atoms with Gasteiger partial charge in [-0.2, -0.15) is 0 Å². The molecule has 0 aromatic carbocycles. The number of nitrogens with zero attached hydrogens (tertiary/aromatic N) is 2. The fourth-order valence-electron chi connectivity index (χ4n) is 2.06. The van der Waals surface area contributed by atoms with Crippen LogP contribution in [0.2, 0.25) is 5.02 Å². The standard InChI is InChI=1S/C14H22ClN3/c1-3-16-14-8-7-12(15)13(17-14)10-18(4-2)9-11-5-6-11/h7-8,11H,3-6,9-10H2,1-2H3,(H,16,17). The van der Waals surface area contributed by atoms with Gasteiger partial charge in [0.15, 0.2) is 0 Å². The van der Waals surface area contributed by atoms with Crippen molar-refractivity contribution in [3.63, 3.8) is 0 Å². The second kappa shape index (κ2) is 6.39. The maximum Gasteiger partial charge on any atom is 0.126 e. The predicted octanol–water partition coefficient (Wildman–Crippen LogP) is 3.40. The smallest absolute Gasteiger partial charge is 0.126 e. The number of hydrogen-bond acceptors (Lipinski definition) is 3. The van der Waals surface area contributed by atoms with Gasteiger partial charge in [0.25, 0.3) is 0 Å². The minimum atomic E-state index is 0.769. The van der Waals surface area contributed by atoms with E-state index in [1.807, 2.05) is 12.1 Å². The highest BCUT2D eigenvalue weighted by atomic mass is 35.5. The molecule has 0 amide bonds. The zero-order chi connectivity index (χ0) is 13.0. The first kappa shape index (κ1) is 13.6. The molecule has 18 heavy (non-hydrogen) atoms. The van der Waals surface area contributed by atoms with Crippen LogP contribution >= 0.6 is 11.6 Å². The van der Waals surface area contributed by atoms with Crippen LogP contribution in [0.25, 0.3) is 0 Å². The third-order valence-corrected chi connectivity index (χ3v) is 3.65. The molecule has 2 rings (SSSR count). The molecule has 0 atom stereocenters. The van der Waals surface area contributed by atoms with Gasteiger partial charge in [0, 0.05) is 19.6 Å². The van der Waals surface area contributed by atoms with Crippen molar-refractivity contribution < 1.29 is 0 Å². The molecule has 3 nitrogen and oxygen atoms in total. The highest BCUT2D eigenvalue weighted by Crippen LogP contribution is 2.30. The summed E-state index contributed by atoms with van der Waals surface area (Å²) in [7, 11) is 0. The largest absolute Gasteiger partial charge is 0.370 e. The van der Waals surface area contributed by atoms with Crippen LogP contribution in [0.15, 0.2) is 12.1 Å². The van der Waals surface area contributed by atoms with E-state index in [-0.39, 0.29) is 0 Å². The van der Waals surface area contributed by atoms with E-state index in [9.17, 15) is 0 Å². The second-order valence-corrected chi connectivity index (χ2v) is 5.33. The Hall–Kier alpha value is -0.800. The third kappa shape index (κ3) is 3.85. The summed E-state index contributed by atoms with van der Waals surface area (Å²) in [6.45, 7) is 8.24. The number of nitrogens with one attached hydrogen (secondary N) is 1. The van der Waals surface area contributed by atoms with Crippen molar-refractivity contribution in [2.24, 2.45) is 5.92 Å². The minimum absolute atomic E-state index is 0.769. The number of aromatic nitrogens is 1. The molecule has 100 valence electrons. The van der Waals surface area contributed by atoms with E-state index in [1.54, 1.807) is 0 Å². The highest BCUT2D eigenvalue weighted by Gasteiger charge is 2.24. The Morgan fingerprint density at radius 2 is 2.17 bits per heavy atom. The average Bonchev–Trinajstić information content (AvgIpc) is 3.16. The lowest BCUT2D eigenvalue weighted by Crippen LogP contribution is -2.26. The van der Waals surface area contributed by atoms with E-state index in [4.69, 9.17) is 11.6 Å². The molecule has 0 spiro atoms. The molecule has 0 aliphatic heterocycles. The number of halogens is 1. The summed E-state index contributed by atoms with van der Waals surface area (Å²) < 4.78 is 0. The molecule has 1 fully saturated rings. The lowest BCUT2D eigenvalue weighted by Gasteiger charge is -2.20. The Kier molecular flexibility index (Phi) is 4.84. The Balaban J connectivity index is 2.02. The molecule has 4 heteroatoms. The van der Waals surface area contributed by atoms with Gasteiger partial charge in [-0.3, -0.25) is 4.90 Å². The molecule has 1 aliphatic carbocycles. The number of pyridine rings is 1. The van der Waals surface area contributed by atoms with Crippen molar-refractivity contribution in [1.82, 2.24) is 9.88 Å². The van der Waals surface area contributed by atoms with Crippen LogP contribution in [-0.4, -0.2) is 29.5 Å². The van der Waals surface area contributed by atoms with Crippen molar-refractivity contribution in [1.29, 1.82) is 0 Å². The summed E-state index contributed by atoms with van der Waals surface area (Å²) in [4.78, 5) is 7.02. The topological polar surface area (TPSA) is 28.2 Å². The minimum Gasteiger partial charge on any atom is -0.370 e. The van der Waals surface area contributed by atoms with Gasteiger partial charge < -0.3 is 5.32 Å². The van der Waals surface area contributed by atoms with Gasteiger partial charge in [0.2, 0.25) is 0 Å². The van der Waals surface area contributed by atoms with Crippen LogP contribution in [0, 0.1) is 5.92 Å². The number of rotatable bonds is 7. The molecule has 0 saturated heterocycles. The maximum absolute atomic E-state index is 6.23. The molecule has 0 unspecified atom stereocenters. The number of hydrogen-bond donors (Lipinski definition) is 1. The van der Waals surface area contributed by atoms with E-state index in [0.29, 0.717) is 0 Å². The van der Waals surface area contributed by atoms with Crippen molar-refractivity contribution >= 4 is 17.4 Å². The van der Waals surface area contributed by atoms with Crippen LogP contribution in [0.5, 0.6) is 0 Å². The fraction of sp³-hybridized carbons (Fsp3) is 0.643. The van der Waals surface area contributed by atoms with Crippen LogP contribution in [0.3, 0.4) is 0 Å². The van der Waals surface area contributed by atoms with Crippen molar-refractivity contribution in [2.45, 2.75) is 33.2 Å². The van der Waals surface area contributed by atoms with Crippen molar-refractivity contribution in [3.8, 4) is 0 Å². The monoisotopic (exact) mass is 267 g/mol. The molecular weight excluding hydrogens is 246 g/mol. The van der Waals surface area contributed by atoms with Gasteiger partial charge in [-0.1, -0.05) is 18.5 Å². The van der Waals surface area contributed by atoms with E-state index in [1.165, 1.54) is 19.4 Å². The summed E-state index contributed by atoms with van der Waals surface area (Å²) in [6.07, 6.45) is 2.77. The van der Waals surface area contributed by atoms with Crippen LogP contribution in [-0.2, 0) is 6.54 Å². The summed E-state index contributed by atoms with van der Waals surface area (Å²) in [5, 5.41) is 4.00. The summed E-state index contributed by atoms with van der Waals surface area (Å²) >= 11 is 6.23. The van der Waals surface area contributed by atoms with E-state index < -0.39 is 0 Å². The molecule has 1 N–H and O–H groups in total. The van der Waals surface area contributed by atoms with Crippen LogP contribution in [0.4, 0.5) is 5.82 Å². The Labute approximate surface area is 115 Å². The van der Waals surface area contributed by atoms with Gasteiger partial charge in [-0.25, -0.2) is 4.98 Å². The van der Waals surface area contributed by atoms with Crippen LogP contribution in [0.1, 0.15) is 32.4 Å². The Morgan fingerprint density at radius 1 is 1.39 bits per heavy atom. The number of anilines is 1. The summed E-state index contributed by atoms with van der Waals surface area (Å²) in [6, 6.07) is 3.87. The molecule has 1 heterocycles. The van der Waals surface area contributed by atoms with Gasteiger partial charge >= 0.3 is 0 Å². The van der Waals surface area contributed by atoms with Gasteiger partial charge in [0.05, 0.1) is 10.7 Å². The van der Waals surface area contributed by atoms with E-state index >= 15 is 0 Å². The molecule has 0 bridgehead atoms. The average molecular weight is 268 g/mol. The Morgan fingerprint density at radius 3 is 2.78 bits per heavy atom. The molecule has 1 saturated carbocycles. The summed E-state index contributed by atoms with van der Waals surface area (Å²) in [5.74, 6) is 1.82. The molecule has 1 aliphatic rings. The van der Waals surface area contributed by atoms with Crippen LogP contribution < -0.4 is 5.32 Å². The van der Waals surface area contributed by atoms with Gasteiger partial charge in [-0.15, -0.1) is 0 Å². The molecular formula is C14H22ClN3. The molecule has 0 radical (unpaired) electrons. The van der Waals surface area contributed by atoms with Crippen molar-refractivity contribution in [2.75, 3.05) is 25.0 Å². The summed E-state index contributed by atoms with van der Waals surface area (Å²) in [5.41, 5.74) is 0.984. The van der Waals surface area contributed by atoms with E-state index in [2.05, 4.69) is 29.0 Å². The van der Waals surface area contributed by atoms with Gasteiger partial charge in [-0.05, 0) is 44.4 Å². The first-order valence-corrected chi connectivity index (χ1v) is 7.22. The fourth-order valence-corrected chi connectivity index (χ4v) is 2.22. The zero-order valence-corrected chi connectivity index (χ0v) is 12.0. The zero-order valence-electron chi connectivity index (χ0n) is 11.2. The maximum atomic E-state index is 6.23. The lowest BCUT2D eigenvalue weighted by atomic mass is 10.3. The normalized spacial score (nSPS) is 15.1. The van der Waals surface area contributed by atoms with Crippen molar-refractivity contribution in [3.05, 3.63) is 22.8 Å². The van der Waals surface area contributed by atoms with E-state index in [0.717, 1.165) is 42.1 Å². The predicted molar refractivity (Wildman–Crippen MR) is 77.1 cm³/mol. The highest BCUT2D eigenvalue weighted by molar-refractivity contribution is 6.31. The SMILES string of the molecule is CCNc1ccc(Cl)c(CN(CC)CC2CC2)n1. The quantitative estimate of drug-likeness (QED) is 0.821. The molecule has 1 aromatic rings. The van der Waals surface area contributed by atoms with Gasteiger partial charge in [0.1, 0.15) is 5.82 Å². The first-order chi connectivity index (χ1) is 8.72. The Bertz CT molecular complexity index is 391. The third-order valence-electron chi connectivity index (χ3n) is 3.31. The lowest BCUT2D eigenvalue weighted by molar-refractivity contribution is 0.265. The first-order valence-electron chi connectivity index (χ1n) is 6.84.